The van der Waals surface area contributed by atoms with Crippen molar-refractivity contribution in [3.8, 4) is 0 Å². The number of nitrogens with one attached hydrogen (secondary N) is 3. The van der Waals surface area contributed by atoms with Crippen LogP contribution in [0.1, 0.15) is 12.5 Å². The van der Waals surface area contributed by atoms with E-state index in [2.05, 4.69) is 26.1 Å². The fraction of sp³-hybridized carbons (Fsp3) is 0.286. The van der Waals surface area contributed by atoms with E-state index in [1.165, 1.54) is 35.7 Å². The van der Waals surface area contributed by atoms with Crippen molar-refractivity contribution in [1.82, 2.24) is 20.8 Å². The number of aryl methyl sites for hydroxylation is 1. The monoisotopic (exact) mass is 351 g/mol. The average Bonchev–Trinajstić information content (AvgIpc) is 2.96. The molecule has 1 aromatic heterocycles. The lowest BCUT2D eigenvalue weighted by molar-refractivity contribution is -0.119. The van der Waals surface area contributed by atoms with Crippen LogP contribution < -0.4 is 16.0 Å². The van der Waals surface area contributed by atoms with Gasteiger partial charge in [-0.15, -0.1) is 10.2 Å². The van der Waals surface area contributed by atoms with Gasteiger partial charge in [-0.05, 0) is 26.0 Å². The number of hydrogen-bond acceptors (Lipinski definition) is 7. The zero-order chi connectivity index (χ0) is 16.8. The number of anilines is 2. The minimum absolute atomic E-state index is 0.377. The molecular weight excluding hydrogens is 334 g/mol. The Kier molecular flexibility index (Phi) is 5.94. The van der Waals surface area contributed by atoms with E-state index >= 15 is 0 Å². The third kappa shape index (κ3) is 5.22. The van der Waals surface area contributed by atoms with E-state index in [1.807, 2.05) is 31.2 Å². The standard InChI is InChI=1S/C14H17N5O2S2/c1-8-4-6-10(7-5-8)16-13-18-19-14(23-13)22-9(2)11(20)17-12(21)15-3/h4-7,9H,1-3H3,(H,16,18)(H2,15,17,20,21)/t9-/m1/s1. The third-order valence-corrected chi connectivity index (χ3v) is 4.84. The highest BCUT2D eigenvalue weighted by Crippen LogP contribution is 2.30. The first-order valence-corrected chi connectivity index (χ1v) is 8.54. The minimum atomic E-state index is -0.526. The first-order valence-electron chi connectivity index (χ1n) is 6.84. The van der Waals surface area contributed by atoms with Crippen molar-refractivity contribution in [2.24, 2.45) is 0 Å². The van der Waals surface area contributed by atoms with Gasteiger partial charge in [-0.25, -0.2) is 4.79 Å². The molecule has 122 valence electrons. The number of rotatable bonds is 5. The van der Waals surface area contributed by atoms with E-state index in [-0.39, 0.29) is 5.91 Å². The number of imide groups is 1. The number of carbonyl (C=O) groups is 2. The average molecular weight is 351 g/mol. The summed E-state index contributed by atoms with van der Waals surface area (Å²) in [6.07, 6.45) is 0. The molecule has 0 saturated carbocycles. The van der Waals surface area contributed by atoms with Crippen LogP contribution in [-0.4, -0.2) is 34.4 Å². The highest BCUT2D eigenvalue weighted by atomic mass is 32.2. The molecule has 0 radical (unpaired) electrons. The molecule has 1 heterocycles. The summed E-state index contributed by atoms with van der Waals surface area (Å²) < 4.78 is 0.652. The van der Waals surface area contributed by atoms with E-state index in [4.69, 9.17) is 0 Å². The number of nitrogens with zero attached hydrogens (tertiary/aromatic N) is 2. The molecule has 1 atom stereocenters. The zero-order valence-corrected chi connectivity index (χ0v) is 14.5. The van der Waals surface area contributed by atoms with Crippen LogP contribution in [-0.2, 0) is 4.79 Å². The van der Waals surface area contributed by atoms with Crippen LogP contribution in [0.15, 0.2) is 28.6 Å². The van der Waals surface area contributed by atoms with Gasteiger partial charge in [0.15, 0.2) is 4.34 Å². The third-order valence-electron chi connectivity index (χ3n) is 2.82. The summed E-state index contributed by atoms with van der Waals surface area (Å²) in [5.74, 6) is -0.377. The quantitative estimate of drug-likeness (QED) is 0.717. The summed E-state index contributed by atoms with van der Waals surface area (Å²) in [6, 6.07) is 7.40. The number of thioether (sulfide) groups is 1. The lowest BCUT2D eigenvalue weighted by atomic mass is 10.2. The van der Waals surface area contributed by atoms with Gasteiger partial charge in [0.1, 0.15) is 0 Å². The summed E-state index contributed by atoms with van der Waals surface area (Å²) in [6.45, 7) is 3.73. The SMILES string of the molecule is CNC(=O)NC(=O)[C@@H](C)Sc1nnc(Nc2ccc(C)cc2)s1. The predicted molar refractivity (Wildman–Crippen MR) is 92.3 cm³/mol. The van der Waals surface area contributed by atoms with Crippen LogP contribution in [0, 0.1) is 6.92 Å². The van der Waals surface area contributed by atoms with Gasteiger partial charge < -0.3 is 10.6 Å². The Labute approximate surface area is 142 Å². The van der Waals surface area contributed by atoms with Gasteiger partial charge in [0, 0.05) is 12.7 Å². The smallest absolute Gasteiger partial charge is 0.321 e. The highest BCUT2D eigenvalue weighted by Gasteiger charge is 2.18. The Bertz CT molecular complexity index is 687. The van der Waals surface area contributed by atoms with Crippen molar-refractivity contribution in [1.29, 1.82) is 0 Å². The number of carbonyl (C=O) groups excluding carboxylic acids is 2. The number of hydrogen-bond donors (Lipinski definition) is 3. The van der Waals surface area contributed by atoms with Crippen LogP contribution in [0.2, 0.25) is 0 Å². The first kappa shape index (κ1) is 17.2. The Morgan fingerprint density at radius 3 is 2.57 bits per heavy atom. The van der Waals surface area contributed by atoms with Gasteiger partial charge in [0.05, 0.1) is 5.25 Å². The van der Waals surface area contributed by atoms with Gasteiger partial charge >= 0.3 is 6.03 Å². The van der Waals surface area contributed by atoms with Crippen molar-refractivity contribution in [3.05, 3.63) is 29.8 Å². The molecule has 0 bridgehead atoms. The molecule has 7 nitrogen and oxygen atoms in total. The molecule has 0 spiro atoms. The van der Waals surface area contributed by atoms with Crippen molar-refractivity contribution in [3.63, 3.8) is 0 Å². The molecule has 23 heavy (non-hydrogen) atoms. The number of aromatic nitrogens is 2. The Balaban J connectivity index is 1.92. The normalized spacial score (nSPS) is 11.6. The lowest BCUT2D eigenvalue weighted by Crippen LogP contribution is -2.41. The molecular formula is C14H17N5O2S2. The van der Waals surface area contributed by atoms with E-state index < -0.39 is 11.3 Å². The van der Waals surface area contributed by atoms with E-state index in [0.29, 0.717) is 9.47 Å². The Morgan fingerprint density at radius 1 is 1.22 bits per heavy atom. The fourth-order valence-electron chi connectivity index (χ4n) is 1.55. The molecule has 0 saturated heterocycles. The predicted octanol–water partition coefficient (Wildman–Crippen LogP) is 2.53. The Hall–Kier alpha value is -2.13. The van der Waals surface area contributed by atoms with Crippen molar-refractivity contribution < 1.29 is 9.59 Å². The molecule has 3 amide bonds. The maximum Gasteiger partial charge on any atom is 0.321 e. The second-order valence-corrected chi connectivity index (χ2v) is 7.26. The summed E-state index contributed by atoms with van der Waals surface area (Å²) in [5, 5.41) is 16.0. The molecule has 1 aromatic carbocycles. The van der Waals surface area contributed by atoms with E-state index in [9.17, 15) is 9.59 Å². The Morgan fingerprint density at radius 2 is 1.91 bits per heavy atom. The zero-order valence-electron chi connectivity index (χ0n) is 12.9. The maximum absolute atomic E-state index is 11.8. The molecule has 2 rings (SSSR count). The van der Waals surface area contributed by atoms with E-state index in [1.54, 1.807) is 6.92 Å². The summed E-state index contributed by atoms with van der Waals surface area (Å²) in [5.41, 5.74) is 2.11. The van der Waals surface area contributed by atoms with Crippen molar-refractivity contribution >= 4 is 45.9 Å². The largest absolute Gasteiger partial charge is 0.341 e. The molecule has 0 fully saturated rings. The molecule has 0 unspecified atom stereocenters. The number of benzene rings is 1. The van der Waals surface area contributed by atoms with Gasteiger partial charge in [0.25, 0.3) is 0 Å². The highest BCUT2D eigenvalue weighted by molar-refractivity contribution is 8.02. The minimum Gasteiger partial charge on any atom is -0.341 e. The molecule has 3 N–H and O–H groups in total. The van der Waals surface area contributed by atoms with Crippen molar-refractivity contribution in [2.75, 3.05) is 12.4 Å². The van der Waals surface area contributed by atoms with Crippen LogP contribution in [0.25, 0.3) is 0 Å². The second-order valence-electron chi connectivity index (χ2n) is 4.69. The number of urea groups is 1. The lowest BCUT2D eigenvalue weighted by Gasteiger charge is -2.08. The van der Waals surface area contributed by atoms with Gasteiger partial charge in [-0.1, -0.05) is 40.8 Å². The maximum atomic E-state index is 11.8. The van der Waals surface area contributed by atoms with Crippen LogP contribution in [0.4, 0.5) is 15.6 Å². The summed E-state index contributed by atoms with van der Waals surface area (Å²) in [7, 11) is 1.45. The molecule has 0 aliphatic carbocycles. The van der Waals surface area contributed by atoms with Crippen LogP contribution in [0.3, 0.4) is 0 Å². The van der Waals surface area contributed by atoms with Gasteiger partial charge in [0.2, 0.25) is 11.0 Å². The molecule has 0 aliphatic rings. The molecule has 2 aromatic rings. The topological polar surface area (TPSA) is 96.0 Å². The summed E-state index contributed by atoms with van der Waals surface area (Å²) >= 11 is 2.60. The number of amides is 3. The van der Waals surface area contributed by atoms with E-state index in [0.717, 1.165) is 5.69 Å². The van der Waals surface area contributed by atoms with Gasteiger partial charge in [-0.3, -0.25) is 10.1 Å². The molecule has 9 heteroatoms. The summed E-state index contributed by atoms with van der Waals surface area (Å²) in [4.78, 5) is 22.9. The van der Waals surface area contributed by atoms with Crippen LogP contribution in [0.5, 0.6) is 0 Å². The fourth-order valence-corrected chi connectivity index (χ4v) is 3.47. The van der Waals surface area contributed by atoms with Gasteiger partial charge in [-0.2, -0.15) is 0 Å². The second kappa shape index (κ2) is 7.93. The van der Waals surface area contributed by atoms with Crippen LogP contribution >= 0.6 is 23.1 Å². The first-order chi connectivity index (χ1) is 11.0. The molecule has 0 aliphatic heterocycles. The van der Waals surface area contributed by atoms with Crippen molar-refractivity contribution in [2.45, 2.75) is 23.4 Å².